The predicted molar refractivity (Wildman–Crippen MR) is 76.6 cm³/mol. The van der Waals surface area contributed by atoms with Crippen molar-refractivity contribution in [2.24, 2.45) is 0 Å². The van der Waals surface area contributed by atoms with Crippen LogP contribution in [-0.4, -0.2) is 78.3 Å². The van der Waals surface area contributed by atoms with Gasteiger partial charge in [-0.05, 0) is 6.92 Å². The van der Waals surface area contributed by atoms with Crippen LogP contribution in [0.2, 0.25) is 0 Å². The third-order valence-corrected chi connectivity index (χ3v) is 3.73. The number of carbonyl (C=O) groups excluding carboxylic acids is 1. The molecule has 2 rings (SSSR count). The van der Waals surface area contributed by atoms with E-state index < -0.39 is 18.6 Å². The normalized spacial score (nSPS) is 17.4. The van der Waals surface area contributed by atoms with E-state index in [4.69, 9.17) is 4.52 Å². The van der Waals surface area contributed by atoms with E-state index in [2.05, 4.69) is 10.1 Å². The fourth-order valence-corrected chi connectivity index (χ4v) is 2.50. The minimum Gasteiger partial charge on any atom is -0.361 e. The molecule has 1 aromatic heterocycles. The largest absolute Gasteiger partial charge is 0.406 e. The highest BCUT2D eigenvalue weighted by Gasteiger charge is 2.31. The second kappa shape index (κ2) is 7.31. The minimum absolute atomic E-state index is 0.0173. The van der Waals surface area contributed by atoms with Gasteiger partial charge in [-0.1, -0.05) is 5.16 Å². The van der Waals surface area contributed by atoms with E-state index in [1.54, 1.807) is 0 Å². The molecule has 1 aliphatic heterocycles. The molecule has 0 aliphatic carbocycles. The second-order valence-corrected chi connectivity index (χ2v) is 5.85. The zero-order valence-corrected chi connectivity index (χ0v) is 13.3. The van der Waals surface area contributed by atoms with Gasteiger partial charge in [0.1, 0.15) is 12.3 Å². The molecule has 0 atom stereocenters. The molecule has 9 heteroatoms. The van der Waals surface area contributed by atoms with E-state index in [0.29, 0.717) is 19.6 Å². The third-order valence-electron chi connectivity index (χ3n) is 3.73. The summed E-state index contributed by atoms with van der Waals surface area (Å²) < 4.78 is 41.8. The molecule has 1 aliphatic rings. The fourth-order valence-electron chi connectivity index (χ4n) is 2.50. The predicted octanol–water partition coefficient (Wildman–Crippen LogP) is 1.12. The summed E-state index contributed by atoms with van der Waals surface area (Å²) in [6.07, 6.45) is -4.36. The molecular weight excluding hydrogens is 313 g/mol. The molecule has 1 amide bonds. The first kappa shape index (κ1) is 17.7. The molecule has 0 saturated carbocycles. The summed E-state index contributed by atoms with van der Waals surface area (Å²) in [5.74, 6) is 0.250. The average molecular weight is 334 g/mol. The molecule has 1 fully saturated rings. The number of amides is 1. The number of aromatic nitrogens is 1. The smallest absolute Gasteiger partial charge is 0.361 e. The van der Waals surface area contributed by atoms with Crippen molar-refractivity contribution in [3.63, 3.8) is 0 Å². The van der Waals surface area contributed by atoms with Crippen LogP contribution in [0.5, 0.6) is 0 Å². The Morgan fingerprint density at radius 2 is 1.91 bits per heavy atom. The van der Waals surface area contributed by atoms with Crippen molar-refractivity contribution in [1.29, 1.82) is 0 Å². The van der Waals surface area contributed by atoms with Crippen molar-refractivity contribution < 1.29 is 22.5 Å². The van der Waals surface area contributed by atoms with Gasteiger partial charge in [0, 0.05) is 45.8 Å². The van der Waals surface area contributed by atoms with Gasteiger partial charge in [-0.3, -0.25) is 14.6 Å². The van der Waals surface area contributed by atoms with Crippen LogP contribution in [0.4, 0.5) is 13.2 Å². The third kappa shape index (κ3) is 5.83. The molecule has 0 aromatic carbocycles. The van der Waals surface area contributed by atoms with Gasteiger partial charge < -0.3 is 9.42 Å². The fraction of sp³-hybridized carbons (Fsp3) is 0.714. The number of carbonyl (C=O) groups is 1. The van der Waals surface area contributed by atoms with Gasteiger partial charge in [0.15, 0.2) is 0 Å². The number of halogens is 3. The molecule has 0 unspecified atom stereocenters. The first-order valence-corrected chi connectivity index (χ1v) is 7.40. The van der Waals surface area contributed by atoms with E-state index >= 15 is 0 Å². The van der Waals surface area contributed by atoms with Crippen LogP contribution in [-0.2, 0) is 11.3 Å². The molecule has 0 spiro atoms. The lowest BCUT2D eigenvalue weighted by atomic mass is 10.2. The van der Waals surface area contributed by atoms with Crippen molar-refractivity contribution in [2.45, 2.75) is 19.6 Å². The highest BCUT2D eigenvalue weighted by atomic mass is 19.4. The SMILES string of the molecule is Cc1cc(CN2CCN(CC(=O)N(C)CC(F)(F)F)CC2)no1. The monoisotopic (exact) mass is 334 g/mol. The van der Waals surface area contributed by atoms with E-state index in [1.165, 1.54) is 7.05 Å². The molecule has 130 valence electrons. The molecule has 6 nitrogen and oxygen atoms in total. The van der Waals surface area contributed by atoms with Crippen molar-refractivity contribution in [3.05, 3.63) is 17.5 Å². The lowest BCUT2D eigenvalue weighted by molar-refractivity contribution is -0.159. The number of hydrogen-bond acceptors (Lipinski definition) is 5. The Bertz CT molecular complexity index is 524. The van der Waals surface area contributed by atoms with Gasteiger partial charge >= 0.3 is 6.18 Å². The Morgan fingerprint density at radius 1 is 1.30 bits per heavy atom. The molecule has 0 bridgehead atoms. The van der Waals surface area contributed by atoms with E-state index in [0.717, 1.165) is 29.4 Å². The van der Waals surface area contributed by atoms with Gasteiger partial charge in [-0.15, -0.1) is 0 Å². The van der Waals surface area contributed by atoms with E-state index in [9.17, 15) is 18.0 Å². The van der Waals surface area contributed by atoms with Crippen molar-refractivity contribution in [3.8, 4) is 0 Å². The number of likely N-dealkylation sites (N-methyl/N-ethyl adjacent to an activating group) is 1. The van der Waals surface area contributed by atoms with Crippen LogP contribution in [0.15, 0.2) is 10.6 Å². The summed E-state index contributed by atoms with van der Waals surface area (Å²) >= 11 is 0. The van der Waals surface area contributed by atoms with Crippen LogP contribution in [0.25, 0.3) is 0 Å². The molecule has 1 aromatic rings. The van der Waals surface area contributed by atoms with Crippen molar-refractivity contribution in [2.75, 3.05) is 46.3 Å². The number of rotatable bonds is 5. The molecule has 2 heterocycles. The topological polar surface area (TPSA) is 52.8 Å². The Labute approximate surface area is 132 Å². The quantitative estimate of drug-likeness (QED) is 0.808. The zero-order chi connectivity index (χ0) is 17.0. The van der Waals surface area contributed by atoms with Crippen molar-refractivity contribution >= 4 is 5.91 Å². The van der Waals surface area contributed by atoms with Crippen LogP contribution >= 0.6 is 0 Å². The van der Waals surface area contributed by atoms with Gasteiger partial charge in [-0.2, -0.15) is 13.2 Å². The lowest BCUT2D eigenvalue weighted by Gasteiger charge is -2.34. The van der Waals surface area contributed by atoms with Gasteiger partial charge in [0.05, 0.1) is 12.2 Å². The standard InChI is InChI=1S/C14H21F3N4O2/c1-11-7-12(18-23-11)8-20-3-5-21(6-4-20)9-13(22)19(2)10-14(15,16)17/h7H,3-6,8-10H2,1-2H3. The summed E-state index contributed by atoms with van der Waals surface area (Å²) in [4.78, 5) is 16.6. The highest BCUT2D eigenvalue weighted by molar-refractivity contribution is 5.78. The number of alkyl halides is 3. The molecule has 0 radical (unpaired) electrons. The first-order chi connectivity index (χ1) is 10.7. The average Bonchev–Trinajstić information content (AvgIpc) is 2.84. The second-order valence-electron chi connectivity index (χ2n) is 5.85. The van der Waals surface area contributed by atoms with Gasteiger partial charge in [0.25, 0.3) is 0 Å². The van der Waals surface area contributed by atoms with E-state index in [1.807, 2.05) is 17.9 Å². The van der Waals surface area contributed by atoms with Crippen LogP contribution in [0, 0.1) is 6.92 Å². The summed E-state index contributed by atoms with van der Waals surface area (Å²) in [7, 11) is 1.18. The number of hydrogen-bond donors (Lipinski definition) is 0. The summed E-state index contributed by atoms with van der Waals surface area (Å²) in [6.45, 7) is 4.07. The lowest BCUT2D eigenvalue weighted by Crippen LogP contribution is -2.50. The maximum absolute atomic E-state index is 12.3. The molecule has 23 heavy (non-hydrogen) atoms. The summed E-state index contributed by atoms with van der Waals surface area (Å²) in [6, 6.07) is 1.88. The molecular formula is C14H21F3N4O2. The molecule has 1 saturated heterocycles. The Kier molecular flexibility index (Phi) is 5.64. The maximum atomic E-state index is 12.3. The Morgan fingerprint density at radius 3 is 2.43 bits per heavy atom. The summed E-state index contributed by atoms with van der Waals surface area (Å²) in [5.41, 5.74) is 0.858. The molecule has 0 N–H and O–H groups in total. The highest BCUT2D eigenvalue weighted by Crippen LogP contribution is 2.16. The summed E-state index contributed by atoms with van der Waals surface area (Å²) in [5, 5.41) is 3.94. The number of nitrogens with zero attached hydrogens (tertiary/aromatic N) is 4. The Hall–Kier alpha value is -1.61. The van der Waals surface area contributed by atoms with Crippen molar-refractivity contribution in [1.82, 2.24) is 19.9 Å². The van der Waals surface area contributed by atoms with Gasteiger partial charge in [-0.25, -0.2) is 0 Å². The zero-order valence-electron chi connectivity index (χ0n) is 13.3. The minimum atomic E-state index is -4.36. The van der Waals surface area contributed by atoms with Gasteiger partial charge in [0.2, 0.25) is 5.91 Å². The number of aryl methyl sites for hydroxylation is 1. The Balaban J connectivity index is 1.73. The van der Waals surface area contributed by atoms with Crippen LogP contribution in [0.3, 0.4) is 0 Å². The number of piperazine rings is 1. The van der Waals surface area contributed by atoms with Crippen LogP contribution in [0.1, 0.15) is 11.5 Å². The first-order valence-electron chi connectivity index (χ1n) is 7.40. The van der Waals surface area contributed by atoms with E-state index in [-0.39, 0.29) is 6.54 Å². The maximum Gasteiger partial charge on any atom is 0.406 e. The van der Waals surface area contributed by atoms with Crippen LogP contribution < -0.4 is 0 Å².